The molecule has 1 saturated heterocycles. The molecule has 2 atom stereocenters. The molecular weight excluding hydrogens is 440 g/mol. The summed E-state index contributed by atoms with van der Waals surface area (Å²) in [5.41, 5.74) is 3.51. The summed E-state index contributed by atoms with van der Waals surface area (Å²) in [6.07, 6.45) is 2.70. The largest absolute Gasteiger partial charge is 0.481 e. The first-order valence-electron chi connectivity index (χ1n) is 11.0. The number of hydrogen-bond donors (Lipinski definition) is 0. The molecule has 1 aromatic carbocycles. The standard InChI is InChI=1S/C25H23F2N5O2/c1-13-14(2)30-24-22(29-13)21(17-7-6-16(26)12-19(17)27)31-23(32-24)15-8-10-34-20(11-15)18-5-4-9-28-25(18)33-3/h4-7,9,12,15,20H,8,10-11H2,1-3H3/t15-,20-/m1/s1. The Labute approximate surface area is 195 Å². The van der Waals surface area contributed by atoms with Crippen molar-refractivity contribution < 1.29 is 18.3 Å². The van der Waals surface area contributed by atoms with Crippen molar-refractivity contribution in [3.63, 3.8) is 0 Å². The third kappa shape index (κ3) is 4.07. The molecule has 3 aromatic heterocycles. The first-order chi connectivity index (χ1) is 16.4. The second-order valence-electron chi connectivity index (χ2n) is 8.30. The van der Waals surface area contributed by atoms with E-state index in [1.807, 2.05) is 26.0 Å². The number of nitrogens with zero attached hydrogens (tertiary/aromatic N) is 5. The normalized spacial score (nSPS) is 18.3. The molecule has 1 fully saturated rings. The monoisotopic (exact) mass is 463 g/mol. The summed E-state index contributed by atoms with van der Waals surface area (Å²) in [4.78, 5) is 22.9. The minimum absolute atomic E-state index is 0.0706. The molecule has 0 unspecified atom stereocenters. The Morgan fingerprint density at radius 1 is 1.03 bits per heavy atom. The fourth-order valence-corrected chi connectivity index (χ4v) is 4.25. The van der Waals surface area contributed by atoms with Crippen molar-refractivity contribution in [1.29, 1.82) is 0 Å². The second kappa shape index (κ2) is 8.98. The Bertz CT molecular complexity index is 1380. The smallest absolute Gasteiger partial charge is 0.218 e. The van der Waals surface area contributed by atoms with Crippen LogP contribution in [0.1, 0.15) is 47.6 Å². The predicted molar refractivity (Wildman–Crippen MR) is 121 cm³/mol. The summed E-state index contributed by atoms with van der Waals surface area (Å²) in [5, 5.41) is 0. The molecule has 0 saturated carbocycles. The minimum atomic E-state index is -0.712. The molecule has 34 heavy (non-hydrogen) atoms. The van der Waals surface area contributed by atoms with Crippen LogP contribution in [0.2, 0.25) is 0 Å². The van der Waals surface area contributed by atoms with Crippen LogP contribution >= 0.6 is 0 Å². The molecule has 1 aliphatic heterocycles. The van der Waals surface area contributed by atoms with Crippen LogP contribution in [0.15, 0.2) is 36.5 Å². The number of pyridine rings is 1. The molecule has 4 aromatic rings. The Kier molecular flexibility index (Phi) is 5.87. The van der Waals surface area contributed by atoms with E-state index in [9.17, 15) is 8.78 Å². The average Bonchev–Trinajstić information content (AvgIpc) is 2.84. The van der Waals surface area contributed by atoms with Crippen LogP contribution in [0.4, 0.5) is 8.78 Å². The molecule has 0 spiro atoms. The van der Waals surface area contributed by atoms with Gasteiger partial charge in [-0.15, -0.1) is 0 Å². The molecule has 7 nitrogen and oxygen atoms in total. The summed E-state index contributed by atoms with van der Waals surface area (Å²) in [5.74, 6) is -0.399. The van der Waals surface area contributed by atoms with Gasteiger partial charge in [-0.3, -0.25) is 0 Å². The van der Waals surface area contributed by atoms with E-state index in [4.69, 9.17) is 19.4 Å². The lowest BCUT2D eigenvalue weighted by Crippen LogP contribution is -2.21. The summed E-state index contributed by atoms with van der Waals surface area (Å²) in [6.45, 7) is 4.17. The van der Waals surface area contributed by atoms with Crippen molar-refractivity contribution in [2.24, 2.45) is 0 Å². The fraction of sp³-hybridized carbons (Fsp3) is 0.320. The molecule has 174 valence electrons. The molecule has 5 rings (SSSR count). The van der Waals surface area contributed by atoms with Gasteiger partial charge in [0.05, 0.1) is 24.6 Å². The third-order valence-electron chi connectivity index (χ3n) is 6.14. The highest BCUT2D eigenvalue weighted by molar-refractivity contribution is 5.87. The summed E-state index contributed by atoms with van der Waals surface area (Å²) >= 11 is 0. The topological polar surface area (TPSA) is 82.9 Å². The lowest BCUT2D eigenvalue weighted by Gasteiger charge is -2.29. The molecule has 0 bridgehead atoms. The van der Waals surface area contributed by atoms with Gasteiger partial charge in [0.2, 0.25) is 5.88 Å². The Morgan fingerprint density at radius 3 is 2.65 bits per heavy atom. The fourth-order valence-electron chi connectivity index (χ4n) is 4.25. The van der Waals surface area contributed by atoms with Crippen molar-refractivity contribution in [3.05, 3.63) is 70.9 Å². The number of hydrogen-bond acceptors (Lipinski definition) is 7. The van der Waals surface area contributed by atoms with Crippen molar-refractivity contribution in [2.45, 2.75) is 38.7 Å². The highest BCUT2D eigenvalue weighted by Crippen LogP contribution is 2.40. The van der Waals surface area contributed by atoms with E-state index in [0.717, 1.165) is 17.3 Å². The molecule has 1 aliphatic rings. The van der Waals surface area contributed by atoms with Crippen molar-refractivity contribution >= 4 is 11.2 Å². The van der Waals surface area contributed by atoms with Crippen LogP contribution in [0.3, 0.4) is 0 Å². The van der Waals surface area contributed by atoms with Crippen LogP contribution in [0.25, 0.3) is 22.4 Å². The number of aryl methyl sites for hydroxylation is 2. The molecule has 9 heteroatoms. The van der Waals surface area contributed by atoms with E-state index >= 15 is 0 Å². The van der Waals surface area contributed by atoms with Gasteiger partial charge in [-0.05, 0) is 51.0 Å². The lowest BCUT2D eigenvalue weighted by molar-refractivity contribution is 0.00243. The molecular formula is C25H23F2N5O2. The zero-order valence-electron chi connectivity index (χ0n) is 19.0. The van der Waals surface area contributed by atoms with Gasteiger partial charge in [-0.1, -0.05) is 0 Å². The molecule has 0 N–H and O–H groups in total. The van der Waals surface area contributed by atoms with Crippen LogP contribution in [-0.2, 0) is 4.74 Å². The van der Waals surface area contributed by atoms with E-state index in [2.05, 4.69) is 15.0 Å². The van der Waals surface area contributed by atoms with Gasteiger partial charge in [0, 0.05) is 35.9 Å². The number of methoxy groups -OCH3 is 1. The van der Waals surface area contributed by atoms with E-state index in [0.29, 0.717) is 53.7 Å². The summed E-state index contributed by atoms with van der Waals surface area (Å²) < 4.78 is 39.8. The number of rotatable bonds is 4. The van der Waals surface area contributed by atoms with Gasteiger partial charge in [0.25, 0.3) is 0 Å². The Balaban J connectivity index is 1.61. The predicted octanol–water partition coefficient (Wildman–Crippen LogP) is 5.02. The van der Waals surface area contributed by atoms with Crippen LogP contribution in [0, 0.1) is 25.5 Å². The zero-order valence-corrected chi connectivity index (χ0v) is 19.0. The Hall–Kier alpha value is -3.59. The maximum absolute atomic E-state index is 14.8. The van der Waals surface area contributed by atoms with Gasteiger partial charge >= 0.3 is 0 Å². The second-order valence-corrected chi connectivity index (χ2v) is 8.30. The quantitative estimate of drug-likeness (QED) is 0.420. The first-order valence-corrected chi connectivity index (χ1v) is 11.0. The average molecular weight is 463 g/mol. The van der Waals surface area contributed by atoms with Crippen LogP contribution in [0.5, 0.6) is 5.88 Å². The lowest BCUT2D eigenvalue weighted by atomic mass is 9.91. The first kappa shape index (κ1) is 22.2. The summed E-state index contributed by atoms with van der Waals surface area (Å²) in [6, 6.07) is 7.20. The molecule has 0 amide bonds. The Morgan fingerprint density at radius 2 is 1.85 bits per heavy atom. The summed E-state index contributed by atoms with van der Waals surface area (Å²) in [7, 11) is 1.57. The molecule has 0 aliphatic carbocycles. The van der Waals surface area contributed by atoms with Gasteiger partial charge in [-0.25, -0.2) is 33.7 Å². The van der Waals surface area contributed by atoms with E-state index < -0.39 is 11.6 Å². The van der Waals surface area contributed by atoms with Gasteiger partial charge in [-0.2, -0.15) is 0 Å². The number of halogens is 2. The highest BCUT2D eigenvalue weighted by Gasteiger charge is 2.30. The third-order valence-corrected chi connectivity index (χ3v) is 6.14. The van der Waals surface area contributed by atoms with E-state index in [-0.39, 0.29) is 17.6 Å². The number of fused-ring (bicyclic) bond motifs is 1. The SMILES string of the molecule is COc1ncccc1[C@H]1C[C@H](c2nc(-c3ccc(F)cc3F)c3nc(C)c(C)nc3n2)CCO1. The van der Waals surface area contributed by atoms with Gasteiger partial charge < -0.3 is 9.47 Å². The van der Waals surface area contributed by atoms with Crippen molar-refractivity contribution in [2.75, 3.05) is 13.7 Å². The van der Waals surface area contributed by atoms with Crippen molar-refractivity contribution in [1.82, 2.24) is 24.9 Å². The van der Waals surface area contributed by atoms with Crippen LogP contribution < -0.4 is 4.74 Å². The minimum Gasteiger partial charge on any atom is -0.481 e. The highest BCUT2D eigenvalue weighted by atomic mass is 19.1. The van der Waals surface area contributed by atoms with Gasteiger partial charge in [0.1, 0.15) is 28.7 Å². The van der Waals surface area contributed by atoms with Crippen LogP contribution in [-0.4, -0.2) is 38.6 Å². The number of ether oxygens (including phenoxy) is 2. The molecule has 0 radical (unpaired) electrons. The number of aromatic nitrogens is 5. The van der Waals surface area contributed by atoms with Gasteiger partial charge in [0.15, 0.2) is 5.65 Å². The maximum Gasteiger partial charge on any atom is 0.218 e. The van der Waals surface area contributed by atoms with Crippen molar-refractivity contribution in [3.8, 4) is 17.1 Å². The maximum atomic E-state index is 14.8. The number of benzene rings is 1. The van der Waals surface area contributed by atoms with E-state index in [1.54, 1.807) is 13.3 Å². The van der Waals surface area contributed by atoms with E-state index in [1.165, 1.54) is 12.1 Å². The zero-order chi connectivity index (χ0) is 23.8. The molecule has 4 heterocycles.